The number of rotatable bonds is 3. The number of aliphatic imine (C=N–C) groups is 1. The SMILES string of the molecule is O=C(/C=C/c1cccc([N+](=O)[O-])c1)NC1=NCCS1. The molecular formula is C12H11N3O3S. The van der Waals surface area contributed by atoms with Gasteiger partial charge in [-0.25, -0.2) is 0 Å². The minimum atomic E-state index is -0.471. The predicted octanol–water partition coefficient (Wildman–Crippen LogP) is 1.83. The first-order chi connectivity index (χ1) is 9.15. The number of thioether (sulfide) groups is 1. The van der Waals surface area contributed by atoms with Gasteiger partial charge in [0.05, 0.1) is 11.5 Å². The molecule has 0 unspecified atom stereocenters. The van der Waals surface area contributed by atoms with Crippen molar-refractivity contribution < 1.29 is 9.72 Å². The number of nitrogens with zero attached hydrogens (tertiary/aromatic N) is 2. The monoisotopic (exact) mass is 277 g/mol. The molecule has 98 valence electrons. The van der Waals surface area contributed by atoms with Crippen molar-refractivity contribution in [2.75, 3.05) is 12.3 Å². The second-order valence-electron chi connectivity index (χ2n) is 3.71. The number of carbonyl (C=O) groups is 1. The number of nitro groups is 1. The maximum absolute atomic E-state index is 11.6. The first kappa shape index (κ1) is 13.3. The van der Waals surface area contributed by atoms with Crippen LogP contribution in [0.2, 0.25) is 0 Å². The Morgan fingerprint density at radius 1 is 1.53 bits per heavy atom. The highest BCUT2D eigenvalue weighted by Crippen LogP contribution is 2.14. The molecule has 1 amide bonds. The van der Waals surface area contributed by atoms with Crippen molar-refractivity contribution >= 4 is 34.6 Å². The Kier molecular flexibility index (Phi) is 4.30. The van der Waals surface area contributed by atoms with E-state index in [9.17, 15) is 14.9 Å². The molecule has 0 spiro atoms. The molecule has 2 rings (SSSR count). The smallest absolute Gasteiger partial charge is 0.270 e. The molecule has 1 heterocycles. The van der Waals surface area contributed by atoms with Crippen LogP contribution >= 0.6 is 11.8 Å². The summed E-state index contributed by atoms with van der Waals surface area (Å²) in [6, 6.07) is 6.08. The van der Waals surface area contributed by atoms with Gasteiger partial charge in [0, 0.05) is 24.0 Å². The Balaban J connectivity index is 1.99. The first-order valence-corrected chi connectivity index (χ1v) is 6.54. The van der Waals surface area contributed by atoms with Gasteiger partial charge in [-0.05, 0) is 11.6 Å². The van der Waals surface area contributed by atoms with Crippen molar-refractivity contribution in [3.63, 3.8) is 0 Å². The number of benzene rings is 1. The number of carbonyl (C=O) groups excluding carboxylic acids is 1. The minimum Gasteiger partial charge on any atom is -0.302 e. The first-order valence-electron chi connectivity index (χ1n) is 5.56. The summed E-state index contributed by atoms with van der Waals surface area (Å²) in [6.07, 6.45) is 2.86. The topological polar surface area (TPSA) is 84.6 Å². The van der Waals surface area contributed by atoms with Crippen molar-refractivity contribution in [1.82, 2.24) is 5.32 Å². The van der Waals surface area contributed by atoms with Crippen molar-refractivity contribution in [3.05, 3.63) is 46.0 Å². The van der Waals surface area contributed by atoms with Gasteiger partial charge >= 0.3 is 0 Å². The van der Waals surface area contributed by atoms with Gasteiger partial charge in [0.1, 0.15) is 0 Å². The number of nitrogens with one attached hydrogen (secondary N) is 1. The average Bonchev–Trinajstić information content (AvgIpc) is 2.89. The summed E-state index contributed by atoms with van der Waals surface area (Å²) < 4.78 is 0. The lowest BCUT2D eigenvalue weighted by Gasteiger charge is -1.99. The lowest BCUT2D eigenvalue weighted by atomic mass is 10.2. The van der Waals surface area contributed by atoms with Crippen LogP contribution in [0.15, 0.2) is 35.3 Å². The van der Waals surface area contributed by atoms with Crippen LogP contribution < -0.4 is 5.32 Å². The van der Waals surface area contributed by atoms with E-state index in [1.807, 2.05) is 0 Å². The fraction of sp³-hybridized carbons (Fsp3) is 0.167. The van der Waals surface area contributed by atoms with Crippen molar-refractivity contribution in [1.29, 1.82) is 0 Å². The highest BCUT2D eigenvalue weighted by Gasteiger charge is 2.08. The van der Waals surface area contributed by atoms with Crippen LogP contribution in [0, 0.1) is 10.1 Å². The second kappa shape index (κ2) is 6.14. The van der Waals surface area contributed by atoms with Gasteiger partial charge in [0.15, 0.2) is 5.17 Å². The zero-order valence-corrected chi connectivity index (χ0v) is 10.7. The molecule has 1 N–H and O–H groups in total. The van der Waals surface area contributed by atoms with Crippen molar-refractivity contribution in [3.8, 4) is 0 Å². The van der Waals surface area contributed by atoms with E-state index in [-0.39, 0.29) is 11.6 Å². The highest BCUT2D eigenvalue weighted by atomic mass is 32.2. The largest absolute Gasteiger partial charge is 0.302 e. The van der Waals surface area contributed by atoms with Crippen LogP contribution in [-0.2, 0) is 4.79 Å². The molecule has 19 heavy (non-hydrogen) atoms. The van der Waals surface area contributed by atoms with E-state index < -0.39 is 4.92 Å². The predicted molar refractivity (Wildman–Crippen MR) is 75.0 cm³/mol. The van der Waals surface area contributed by atoms with Crippen LogP contribution in [0.1, 0.15) is 5.56 Å². The summed E-state index contributed by atoms with van der Waals surface area (Å²) in [6.45, 7) is 0.717. The van der Waals surface area contributed by atoms with Crippen LogP contribution in [0.25, 0.3) is 6.08 Å². The molecule has 0 atom stereocenters. The zero-order valence-electron chi connectivity index (χ0n) is 9.91. The summed E-state index contributed by atoms with van der Waals surface area (Å²) in [7, 11) is 0. The van der Waals surface area contributed by atoms with Crippen molar-refractivity contribution in [2.24, 2.45) is 4.99 Å². The van der Waals surface area contributed by atoms with Crippen molar-refractivity contribution in [2.45, 2.75) is 0 Å². The quantitative estimate of drug-likeness (QED) is 0.519. The molecule has 0 saturated heterocycles. The molecule has 7 heteroatoms. The Morgan fingerprint density at radius 2 is 2.37 bits per heavy atom. The molecule has 1 aliphatic heterocycles. The summed E-state index contributed by atoms with van der Waals surface area (Å²) in [4.78, 5) is 25.8. The maximum atomic E-state index is 11.6. The van der Waals surface area contributed by atoms with Gasteiger partial charge in [-0.2, -0.15) is 0 Å². The second-order valence-corrected chi connectivity index (χ2v) is 4.79. The van der Waals surface area contributed by atoms with E-state index in [4.69, 9.17) is 0 Å². The fourth-order valence-corrected chi connectivity index (χ4v) is 2.20. The minimum absolute atomic E-state index is 0.00159. The summed E-state index contributed by atoms with van der Waals surface area (Å²) in [5.74, 6) is 0.587. The molecule has 0 aliphatic carbocycles. The third-order valence-electron chi connectivity index (χ3n) is 2.32. The van der Waals surface area contributed by atoms with Gasteiger partial charge < -0.3 is 5.32 Å². The van der Waals surface area contributed by atoms with Crippen LogP contribution in [0.4, 0.5) is 5.69 Å². The van der Waals surface area contributed by atoms with Gasteiger partial charge in [-0.3, -0.25) is 19.9 Å². The number of amidine groups is 1. The Labute approximate surface area is 113 Å². The molecule has 1 aromatic carbocycles. The molecular weight excluding hydrogens is 266 g/mol. The third-order valence-corrected chi connectivity index (χ3v) is 3.22. The molecule has 0 fully saturated rings. The molecule has 1 aromatic rings. The van der Waals surface area contributed by atoms with Crippen LogP contribution in [0.3, 0.4) is 0 Å². The van der Waals surface area contributed by atoms with Gasteiger partial charge in [-0.15, -0.1) is 0 Å². The molecule has 6 nitrogen and oxygen atoms in total. The van der Waals surface area contributed by atoms with E-state index in [2.05, 4.69) is 10.3 Å². The fourth-order valence-electron chi connectivity index (χ4n) is 1.47. The molecule has 1 aliphatic rings. The number of hydrogen-bond donors (Lipinski definition) is 1. The maximum Gasteiger partial charge on any atom is 0.270 e. The molecule has 0 aromatic heterocycles. The highest BCUT2D eigenvalue weighted by molar-refractivity contribution is 8.14. The molecule has 0 bridgehead atoms. The number of non-ortho nitro benzene ring substituents is 1. The summed E-state index contributed by atoms with van der Waals surface area (Å²) >= 11 is 1.49. The van der Waals surface area contributed by atoms with E-state index in [0.717, 1.165) is 12.3 Å². The zero-order chi connectivity index (χ0) is 13.7. The Bertz CT molecular complexity index is 569. The Hall–Kier alpha value is -2.15. The van der Waals surface area contributed by atoms with E-state index in [1.54, 1.807) is 12.1 Å². The van der Waals surface area contributed by atoms with Crippen LogP contribution in [0.5, 0.6) is 0 Å². The lowest BCUT2D eigenvalue weighted by molar-refractivity contribution is -0.384. The van der Waals surface area contributed by atoms with Gasteiger partial charge in [0.2, 0.25) is 5.91 Å². The summed E-state index contributed by atoms with van der Waals surface area (Å²) in [5, 5.41) is 13.9. The normalized spacial score (nSPS) is 14.4. The number of hydrogen-bond acceptors (Lipinski definition) is 5. The van der Waals surface area contributed by atoms with E-state index in [1.165, 1.54) is 36.0 Å². The Morgan fingerprint density at radius 3 is 3.05 bits per heavy atom. The van der Waals surface area contributed by atoms with E-state index >= 15 is 0 Å². The molecule has 0 saturated carbocycles. The molecule has 0 radical (unpaired) electrons. The standard InChI is InChI=1S/C12H11N3O3S/c16-11(14-12-13-6-7-19-12)5-4-9-2-1-3-10(8-9)15(17)18/h1-5,8H,6-7H2,(H,13,14,16)/b5-4+. The number of nitro benzene ring substituents is 1. The summed E-state index contributed by atoms with van der Waals surface area (Å²) in [5.41, 5.74) is 0.601. The lowest BCUT2D eigenvalue weighted by Crippen LogP contribution is -2.25. The average molecular weight is 277 g/mol. The van der Waals surface area contributed by atoms with Crippen LogP contribution in [-0.4, -0.2) is 28.3 Å². The number of amides is 1. The van der Waals surface area contributed by atoms with Gasteiger partial charge in [0.25, 0.3) is 5.69 Å². The van der Waals surface area contributed by atoms with Gasteiger partial charge in [-0.1, -0.05) is 23.9 Å². The van der Waals surface area contributed by atoms with E-state index in [0.29, 0.717) is 10.7 Å². The third kappa shape index (κ3) is 3.92.